The molecule has 2 aromatic heterocycles. The summed E-state index contributed by atoms with van der Waals surface area (Å²) in [5.41, 5.74) is 7.70. The third kappa shape index (κ3) is 2.96. The minimum absolute atomic E-state index is 0.121. The van der Waals surface area contributed by atoms with Crippen LogP contribution >= 0.6 is 0 Å². The molecule has 0 saturated carbocycles. The van der Waals surface area contributed by atoms with Crippen molar-refractivity contribution in [1.29, 1.82) is 0 Å². The van der Waals surface area contributed by atoms with E-state index in [1.54, 1.807) is 0 Å². The second-order valence-electron chi connectivity index (χ2n) is 8.28. The van der Waals surface area contributed by atoms with E-state index in [0.717, 1.165) is 37.3 Å². The lowest BCUT2D eigenvalue weighted by molar-refractivity contribution is 0.275. The van der Waals surface area contributed by atoms with Crippen LogP contribution in [0.15, 0.2) is 23.3 Å². The van der Waals surface area contributed by atoms with Gasteiger partial charge in [-0.25, -0.2) is 9.97 Å². The number of pyridine rings is 1. The van der Waals surface area contributed by atoms with Crippen LogP contribution in [0.5, 0.6) is 0 Å². The number of halogens is 1. The number of piperidine rings is 1. The van der Waals surface area contributed by atoms with Crippen LogP contribution in [-0.4, -0.2) is 45.6 Å². The average molecular weight is 384 g/mol. The maximum absolute atomic E-state index is 14.4. The number of nitrogen functional groups attached to an aromatic ring is 1. The maximum Gasteiger partial charge on any atom is 0.255 e. The standard InChI is InChI=1S/C20H25FN6O/c21-17-18(22)23-12-24-19(17)26-8-13-7-15(11-26)16-4-3-14(20(28)27(16)9-13)10-25-5-1-2-6-25/h3-4,12-13,15H,1-2,5-11H2,(H2,22,23,24)/t13-,15+/m0/s1. The van der Waals surface area contributed by atoms with Crippen molar-refractivity contribution in [2.45, 2.75) is 38.3 Å². The maximum atomic E-state index is 14.4. The highest BCUT2D eigenvalue weighted by Gasteiger charge is 2.36. The molecule has 28 heavy (non-hydrogen) atoms. The van der Waals surface area contributed by atoms with Crippen LogP contribution < -0.4 is 16.2 Å². The molecule has 5 heterocycles. The normalized spacial score (nSPS) is 24.4. The predicted molar refractivity (Wildman–Crippen MR) is 105 cm³/mol. The topological polar surface area (TPSA) is 80.3 Å². The Labute approximate surface area is 163 Å². The molecule has 148 valence electrons. The van der Waals surface area contributed by atoms with Crippen LogP contribution in [0.1, 0.15) is 36.4 Å². The Balaban J connectivity index is 1.43. The molecular weight excluding hydrogens is 359 g/mol. The van der Waals surface area contributed by atoms with E-state index in [1.165, 1.54) is 19.2 Å². The highest BCUT2D eigenvalue weighted by Crippen LogP contribution is 2.37. The molecular formula is C20H25FN6O. The van der Waals surface area contributed by atoms with E-state index in [9.17, 15) is 9.18 Å². The third-order valence-corrected chi connectivity index (χ3v) is 6.37. The third-order valence-electron chi connectivity index (χ3n) is 6.37. The van der Waals surface area contributed by atoms with Crippen molar-refractivity contribution in [2.75, 3.05) is 36.8 Å². The molecule has 0 unspecified atom stereocenters. The van der Waals surface area contributed by atoms with Gasteiger partial charge >= 0.3 is 0 Å². The zero-order chi connectivity index (χ0) is 19.3. The van der Waals surface area contributed by atoms with Crippen LogP contribution in [0.3, 0.4) is 0 Å². The van der Waals surface area contributed by atoms with E-state index in [2.05, 4.69) is 20.9 Å². The number of hydrogen-bond acceptors (Lipinski definition) is 6. The van der Waals surface area contributed by atoms with E-state index < -0.39 is 5.82 Å². The lowest BCUT2D eigenvalue weighted by Gasteiger charge is -2.43. The van der Waals surface area contributed by atoms with Gasteiger partial charge in [-0.15, -0.1) is 0 Å². The fourth-order valence-corrected chi connectivity index (χ4v) is 5.06. The molecule has 2 bridgehead atoms. The zero-order valence-corrected chi connectivity index (χ0v) is 15.9. The van der Waals surface area contributed by atoms with Gasteiger partial charge in [0.05, 0.1) is 0 Å². The molecule has 2 fully saturated rings. The van der Waals surface area contributed by atoms with Crippen LogP contribution in [0.25, 0.3) is 0 Å². The first-order valence-corrected chi connectivity index (χ1v) is 10.1. The van der Waals surface area contributed by atoms with Gasteiger partial charge in [0.2, 0.25) is 5.82 Å². The van der Waals surface area contributed by atoms with Gasteiger partial charge in [0, 0.05) is 43.4 Å². The van der Waals surface area contributed by atoms with Gasteiger partial charge in [0.15, 0.2) is 11.6 Å². The molecule has 3 aliphatic heterocycles. The summed E-state index contributed by atoms with van der Waals surface area (Å²) >= 11 is 0. The number of rotatable bonds is 3. The zero-order valence-electron chi connectivity index (χ0n) is 15.9. The molecule has 0 amide bonds. The van der Waals surface area contributed by atoms with Gasteiger partial charge in [0.1, 0.15) is 6.33 Å². The summed E-state index contributed by atoms with van der Waals surface area (Å²) in [6, 6.07) is 4.09. The van der Waals surface area contributed by atoms with Gasteiger partial charge in [0.25, 0.3) is 5.56 Å². The van der Waals surface area contributed by atoms with Gasteiger partial charge in [-0.2, -0.15) is 4.39 Å². The van der Waals surface area contributed by atoms with Crippen molar-refractivity contribution in [3.8, 4) is 0 Å². The van der Waals surface area contributed by atoms with Crippen molar-refractivity contribution >= 4 is 11.6 Å². The number of nitrogens with zero attached hydrogens (tertiary/aromatic N) is 5. The quantitative estimate of drug-likeness (QED) is 0.866. The van der Waals surface area contributed by atoms with Crippen LogP contribution in [0, 0.1) is 11.7 Å². The molecule has 7 nitrogen and oxygen atoms in total. The molecule has 0 aromatic carbocycles. The van der Waals surface area contributed by atoms with Crippen molar-refractivity contribution in [3.63, 3.8) is 0 Å². The average Bonchev–Trinajstić information content (AvgIpc) is 3.20. The molecule has 0 spiro atoms. The predicted octanol–water partition coefficient (Wildman–Crippen LogP) is 1.58. The van der Waals surface area contributed by atoms with E-state index >= 15 is 0 Å². The fraction of sp³-hybridized carbons (Fsp3) is 0.550. The number of fused-ring (bicyclic) bond motifs is 4. The van der Waals surface area contributed by atoms with Crippen molar-refractivity contribution < 1.29 is 4.39 Å². The largest absolute Gasteiger partial charge is 0.381 e. The number of anilines is 2. The Bertz CT molecular complexity index is 954. The first-order valence-electron chi connectivity index (χ1n) is 10.1. The van der Waals surface area contributed by atoms with Gasteiger partial charge in [-0.05, 0) is 44.3 Å². The Morgan fingerprint density at radius 2 is 1.96 bits per heavy atom. The monoisotopic (exact) mass is 384 g/mol. The van der Waals surface area contributed by atoms with Crippen LogP contribution in [-0.2, 0) is 13.1 Å². The van der Waals surface area contributed by atoms with E-state index in [-0.39, 0.29) is 23.1 Å². The second kappa shape index (κ2) is 6.84. The first-order chi connectivity index (χ1) is 13.6. The van der Waals surface area contributed by atoms with Gasteiger partial charge < -0.3 is 15.2 Å². The summed E-state index contributed by atoms with van der Waals surface area (Å²) in [5.74, 6) is 0.0755. The summed E-state index contributed by atoms with van der Waals surface area (Å²) in [4.78, 5) is 25.3. The lowest BCUT2D eigenvalue weighted by atomic mass is 9.83. The summed E-state index contributed by atoms with van der Waals surface area (Å²) in [7, 11) is 0. The summed E-state index contributed by atoms with van der Waals surface area (Å²) < 4.78 is 16.4. The van der Waals surface area contributed by atoms with Crippen molar-refractivity contribution in [3.05, 3.63) is 45.9 Å². The molecule has 2 N–H and O–H groups in total. The SMILES string of the molecule is Nc1ncnc(N2C[C@@H]3C[C@H](C2)c2ccc(CN4CCCC4)c(=O)n2C3)c1F. The summed E-state index contributed by atoms with van der Waals surface area (Å²) in [5, 5.41) is 0. The Morgan fingerprint density at radius 1 is 1.14 bits per heavy atom. The smallest absolute Gasteiger partial charge is 0.255 e. The number of nitrogens with two attached hydrogens (primary N) is 1. The van der Waals surface area contributed by atoms with Crippen molar-refractivity contribution in [1.82, 2.24) is 19.4 Å². The van der Waals surface area contributed by atoms with E-state index in [4.69, 9.17) is 5.73 Å². The molecule has 0 radical (unpaired) electrons. The molecule has 2 saturated heterocycles. The fourth-order valence-electron chi connectivity index (χ4n) is 5.06. The summed E-state index contributed by atoms with van der Waals surface area (Å²) in [6.45, 7) is 4.88. The lowest BCUT2D eigenvalue weighted by Crippen LogP contribution is -2.48. The second-order valence-corrected chi connectivity index (χ2v) is 8.28. The van der Waals surface area contributed by atoms with E-state index in [0.29, 0.717) is 25.6 Å². The molecule has 2 aromatic rings. The minimum Gasteiger partial charge on any atom is -0.381 e. The van der Waals surface area contributed by atoms with Gasteiger partial charge in [-0.3, -0.25) is 9.69 Å². The highest BCUT2D eigenvalue weighted by molar-refractivity contribution is 5.49. The molecule has 3 aliphatic rings. The van der Waals surface area contributed by atoms with E-state index in [1.807, 2.05) is 15.5 Å². The van der Waals surface area contributed by atoms with Crippen molar-refractivity contribution in [2.24, 2.45) is 5.92 Å². The Kier molecular flexibility index (Phi) is 4.30. The first kappa shape index (κ1) is 17.6. The molecule has 5 rings (SSSR count). The molecule has 0 aliphatic carbocycles. The minimum atomic E-state index is -0.555. The number of hydrogen-bond donors (Lipinski definition) is 1. The van der Waals surface area contributed by atoms with Crippen LogP contribution in [0.2, 0.25) is 0 Å². The summed E-state index contributed by atoms with van der Waals surface area (Å²) in [6.07, 6.45) is 4.76. The number of likely N-dealkylation sites (tertiary alicyclic amines) is 1. The Hall–Kier alpha value is -2.48. The van der Waals surface area contributed by atoms with Crippen LogP contribution in [0.4, 0.5) is 16.0 Å². The molecule has 2 atom stereocenters. The van der Waals surface area contributed by atoms with Gasteiger partial charge in [-0.1, -0.05) is 6.07 Å². The highest BCUT2D eigenvalue weighted by atomic mass is 19.1. The Morgan fingerprint density at radius 3 is 2.79 bits per heavy atom. The molecule has 8 heteroatoms. The number of aromatic nitrogens is 3.